The van der Waals surface area contributed by atoms with E-state index >= 15 is 0 Å². The van der Waals surface area contributed by atoms with E-state index in [9.17, 15) is 16.8 Å². The van der Waals surface area contributed by atoms with Gasteiger partial charge in [0.15, 0.2) is 5.03 Å². The molecule has 1 aliphatic rings. The van der Waals surface area contributed by atoms with Gasteiger partial charge in [-0.1, -0.05) is 29.8 Å². The van der Waals surface area contributed by atoms with Crippen LogP contribution in [0, 0.1) is 0 Å². The molecule has 1 unspecified atom stereocenters. The molecule has 184 valence electrons. The highest BCUT2D eigenvalue weighted by Gasteiger charge is 2.36. The van der Waals surface area contributed by atoms with Gasteiger partial charge in [0.05, 0.1) is 16.7 Å². The van der Waals surface area contributed by atoms with Crippen molar-refractivity contribution < 1.29 is 16.8 Å². The summed E-state index contributed by atoms with van der Waals surface area (Å²) >= 11 is 6.14. The summed E-state index contributed by atoms with van der Waals surface area (Å²) in [4.78, 5) is 4.03. The van der Waals surface area contributed by atoms with Crippen molar-refractivity contribution in [3.63, 3.8) is 0 Å². The Morgan fingerprint density at radius 2 is 1.83 bits per heavy atom. The molecule has 1 aliphatic heterocycles. The number of aromatic nitrogens is 3. The third-order valence-corrected chi connectivity index (χ3v) is 10.0. The van der Waals surface area contributed by atoms with Gasteiger partial charge in [0.1, 0.15) is 0 Å². The van der Waals surface area contributed by atoms with Crippen molar-refractivity contribution in [1.29, 1.82) is 0 Å². The Balaban J connectivity index is 1.55. The summed E-state index contributed by atoms with van der Waals surface area (Å²) in [6, 6.07) is 13.8. The maximum absolute atomic E-state index is 13.9. The predicted molar refractivity (Wildman–Crippen MR) is 133 cm³/mol. The number of benzene rings is 2. The molecule has 0 bridgehead atoms. The van der Waals surface area contributed by atoms with Gasteiger partial charge in [-0.25, -0.2) is 25.8 Å². The average Bonchev–Trinajstić information content (AvgIpc) is 3.51. The number of rotatable bonds is 7. The van der Waals surface area contributed by atoms with Gasteiger partial charge in [0, 0.05) is 55.0 Å². The van der Waals surface area contributed by atoms with E-state index in [0.717, 1.165) is 3.97 Å². The van der Waals surface area contributed by atoms with Crippen LogP contribution in [0.5, 0.6) is 0 Å². The Kier molecular flexibility index (Phi) is 6.45. The van der Waals surface area contributed by atoms with Gasteiger partial charge in [0.25, 0.3) is 20.0 Å². The number of aryl methyl sites for hydroxylation is 1. The summed E-state index contributed by atoms with van der Waals surface area (Å²) in [5, 5.41) is 3.88. The van der Waals surface area contributed by atoms with Gasteiger partial charge < -0.3 is 9.88 Å². The van der Waals surface area contributed by atoms with Crippen molar-refractivity contribution in [2.24, 2.45) is 0 Å². The summed E-state index contributed by atoms with van der Waals surface area (Å²) in [5.74, 6) is 0. The highest BCUT2D eigenvalue weighted by molar-refractivity contribution is 7.92. The van der Waals surface area contributed by atoms with E-state index in [-0.39, 0.29) is 34.6 Å². The molecule has 0 radical (unpaired) electrons. The molecule has 0 amide bonds. The molecule has 2 aromatic carbocycles. The Bertz CT molecular complexity index is 1550. The van der Waals surface area contributed by atoms with Gasteiger partial charge in [0.2, 0.25) is 0 Å². The number of fused-ring (bicyclic) bond motifs is 1. The summed E-state index contributed by atoms with van der Waals surface area (Å²) in [5.41, 5.74) is 0.253. The molecule has 1 atom stereocenters. The van der Waals surface area contributed by atoms with Crippen LogP contribution in [-0.4, -0.2) is 60.3 Å². The molecule has 1 fully saturated rings. The zero-order valence-corrected chi connectivity index (χ0v) is 21.0. The van der Waals surface area contributed by atoms with Crippen molar-refractivity contribution in [3.8, 4) is 0 Å². The normalized spacial score (nSPS) is 17.7. The summed E-state index contributed by atoms with van der Waals surface area (Å²) in [7, 11) is -8.35. The second-order valence-electron chi connectivity index (χ2n) is 8.37. The number of nitrogens with zero attached hydrogens (tertiary/aromatic N) is 4. The smallest absolute Gasteiger partial charge is 0.269 e. The summed E-state index contributed by atoms with van der Waals surface area (Å²) in [6.07, 6.45) is 5.97. The third kappa shape index (κ3) is 4.62. The van der Waals surface area contributed by atoms with Crippen LogP contribution in [0.15, 0.2) is 83.2 Å². The monoisotopic (exact) mass is 533 g/mol. The number of hydrogen-bond acceptors (Lipinski definition) is 6. The van der Waals surface area contributed by atoms with E-state index in [0.29, 0.717) is 29.9 Å². The van der Waals surface area contributed by atoms with E-state index in [4.69, 9.17) is 11.6 Å². The number of piperazine rings is 1. The fraction of sp³-hybridized carbons (Fsp3) is 0.261. The highest BCUT2D eigenvalue weighted by Crippen LogP contribution is 2.32. The van der Waals surface area contributed by atoms with E-state index < -0.39 is 20.0 Å². The van der Waals surface area contributed by atoms with Crippen LogP contribution in [0.2, 0.25) is 5.02 Å². The minimum Gasteiger partial charge on any atom is -0.337 e. The lowest BCUT2D eigenvalue weighted by Crippen LogP contribution is -2.53. The number of halogens is 1. The molecule has 12 heteroatoms. The molecule has 4 aromatic rings. The minimum atomic E-state index is -4.20. The maximum Gasteiger partial charge on any atom is 0.269 e. The van der Waals surface area contributed by atoms with Crippen molar-refractivity contribution in [1.82, 2.24) is 23.1 Å². The minimum absolute atomic E-state index is 0.00224. The lowest BCUT2D eigenvalue weighted by molar-refractivity contribution is 0.281. The van der Waals surface area contributed by atoms with E-state index in [1.807, 2.05) is 10.8 Å². The van der Waals surface area contributed by atoms with Gasteiger partial charge in [-0.15, -0.1) is 0 Å². The number of hydrogen-bond donors (Lipinski definition) is 1. The second kappa shape index (κ2) is 9.40. The quantitative estimate of drug-likeness (QED) is 0.391. The zero-order chi connectivity index (χ0) is 24.6. The second-order valence-corrected chi connectivity index (χ2v) is 12.5. The zero-order valence-electron chi connectivity index (χ0n) is 18.7. The summed E-state index contributed by atoms with van der Waals surface area (Å²) < 4.78 is 59.3. The molecule has 0 saturated carbocycles. The predicted octanol–water partition coefficient (Wildman–Crippen LogP) is 2.78. The lowest BCUT2D eigenvalue weighted by atomic mass is 10.1. The first-order valence-electron chi connectivity index (χ1n) is 11.1. The molecule has 1 saturated heterocycles. The molecule has 9 nitrogen and oxygen atoms in total. The van der Waals surface area contributed by atoms with Crippen LogP contribution < -0.4 is 5.32 Å². The van der Waals surface area contributed by atoms with Crippen LogP contribution >= 0.6 is 11.6 Å². The van der Waals surface area contributed by atoms with Crippen molar-refractivity contribution in [3.05, 3.63) is 78.3 Å². The number of sulfonamides is 1. The first-order valence-corrected chi connectivity index (χ1v) is 14.3. The van der Waals surface area contributed by atoms with Crippen LogP contribution in [0.1, 0.15) is 6.42 Å². The van der Waals surface area contributed by atoms with Gasteiger partial charge in [-0.3, -0.25) is 0 Å². The highest BCUT2D eigenvalue weighted by atomic mass is 35.5. The fourth-order valence-electron chi connectivity index (χ4n) is 4.32. The molecular formula is C23H24ClN5O4S2. The molecule has 35 heavy (non-hydrogen) atoms. The van der Waals surface area contributed by atoms with Crippen molar-refractivity contribution >= 4 is 42.6 Å². The first kappa shape index (κ1) is 24.0. The van der Waals surface area contributed by atoms with Crippen LogP contribution in [-0.2, 0) is 26.6 Å². The average molecular weight is 534 g/mol. The maximum atomic E-state index is 13.9. The van der Waals surface area contributed by atoms with Crippen molar-refractivity contribution in [2.45, 2.75) is 28.9 Å². The van der Waals surface area contributed by atoms with E-state index in [1.165, 1.54) is 28.6 Å². The van der Waals surface area contributed by atoms with Crippen LogP contribution in [0.3, 0.4) is 0 Å². The SMILES string of the molecule is O=S(=O)(c1cc2cc(Cl)ccc2n1S(=O)(=O)c1ccccc1)N1CCNC(CCn2ccnc2)C1. The van der Waals surface area contributed by atoms with Gasteiger partial charge in [-0.05, 0) is 42.8 Å². The molecule has 2 aromatic heterocycles. The number of imidazole rings is 1. The van der Waals surface area contributed by atoms with Gasteiger partial charge in [-0.2, -0.15) is 4.31 Å². The molecule has 0 spiro atoms. The molecular weight excluding hydrogens is 510 g/mol. The Labute approximate surface area is 209 Å². The molecule has 1 N–H and O–H groups in total. The standard InChI is InChI=1S/C23H24ClN5O4S2/c24-19-6-7-22-18(14-19)15-23(29(22)34(30,31)21-4-2-1-3-5-21)35(32,33)28-13-10-26-20(16-28)8-11-27-12-9-25-17-27/h1-7,9,12,14-15,17,20,26H,8,10-11,13,16H2. The first-order chi connectivity index (χ1) is 16.8. The van der Waals surface area contributed by atoms with Gasteiger partial charge >= 0.3 is 0 Å². The van der Waals surface area contributed by atoms with Crippen LogP contribution in [0.25, 0.3) is 10.9 Å². The third-order valence-electron chi connectivity index (χ3n) is 6.09. The van der Waals surface area contributed by atoms with Crippen LogP contribution in [0.4, 0.5) is 0 Å². The van der Waals surface area contributed by atoms with E-state index in [2.05, 4.69) is 10.3 Å². The number of nitrogens with one attached hydrogen (secondary N) is 1. The van der Waals surface area contributed by atoms with E-state index in [1.54, 1.807) is 42.9 Å². The Morgan fingerprint density at radius 3 is 2.57 bits per heavy atom. The largest absolute Gasteiger partial charge is 0.337 e. The topological polar surface area (TPSA) is 106 Å². The molecule has 3 heterocycles. The lowest BCUT2D eigenvalue weighted by Gasteiger charge is -2.33. The molecule has 0 aliphatic carbocycles. The molecule has 5 rings (SSSR count). The Hall–Kier alpha value is -2.70. The van der Waals surface area contributed by atoms with Crippen molar-refractivity contribution in [2.75, 3.05) is 19.6 Å². The Morgan fingerprint density at radius 1 is 1.03 bits per heavy atom. The summed E-state index contributed by atoms with van der Waals surface area (Å²) in [6.45, 7) is 1.61. The fourth-order valence-corrected chi connectivity index (χ4v) is 8.06.